The van der Waals surface area contributed by atoms with Crippen molar-refractivity contribution in [2.45, 2.75) is 33.7 Å². The number of aryl methyl sites for hydroxylation is 4. The Morgan fingerprint density at radius 1 is 0.952 bits per heavy atom. The molecule has 0 aliphatic heterocycles. The number of nitrogens with one attached hydrogen (secondary N) is 1. The first-order chi connectivity index (χ1) is 9.90. The molecule has 3 heteroatoms. The summed E-state index contributed by atoms with van der Waals surface area (Å²) < 4.78 is 1.08. The minimum absolute atomic E-state index is 0.123. The molecule has 0 aliphatic rings. The maximum Gasteiger partial charge on any atom is 0.0638 e. The molecule has 0 heterocycles. The van der Waals surface area contributed by atoms with Crippen molar-refractivity contribution in [3.8, 4) is 0 Å². The highest BCUT2D eigenvalue weighted by Crippen LogP contribution is 2.27. The van der Waals surface area contributed by atoms with Gasteiger partial charge >= 0.3 is 0 Å². The highest BCUT2D eigenvalue weighted by molar-refractivity contribution is 9.10. The van der Waals surface area contributed by atoms with Crippen LogP contribution in [0.15, 0.2) is 34.8 Å². The second-order valence-electron chi connectivity index (χ2n) is 5.74. The zero-order valence-electron chi connectivity index (χ0n) is 13.1. The van der Waals surface area contributed by atoms with Crippen LogP contribution in [0.25, 0.3) is 0 Å². The number of halogens is 1. The predicted octanol–water partition coefficient (Wildman–Crippen LogP) is 4.79. The molecule has 0 bridgehead atoms. The average molecular weight is 347 g/mol. The summed E-state index contributed by atoms with van der Waals surface area (Å²) in [7, 11) is 0. The van der Waals surface area contributed by atoms with Gasteiger partial charge in [-0.15, -0.1) is 0 Å². The number of hydrogen-bond acceptors (Lipinski definition) is 2. The number of nitrogens with two attached hydrogens (primary N) is 1. The first kappa shape index (κ1) is 16.1. The van der Waals surface area contributed by atoms with Crippen LogP contribution in [0.3, 0.4) is 0 Å². The standard InChI is InChI=1S/C18H23BrN2/c1-11-5-15(19)9-16(6-11)21-18(10-20)17-8-13(3)12(2)7-14(17)4/h5-9,18,21H,10,20H2,1-4H3. The van der Waals surface area contributed by atoms with E-state index in [4.69, 9.17) is 5.73 Å². The molecule has 0 fully saturated rings. The van der Waals surface area contributed by atoms with Crippen LogP contribution in [0.2, 0.25) is 0 Å². The Bertz CT molecular complexity index is 630. The van der Waals surface area contributed by atoms with E-state index in [1.54, 1.807) is 0 Å². The molecule has 0 amide bonds. The highest BCUT2D eigenvalue weighted by atomic mass is 79.9. The molecule has 1 atom stereocenters. The SMILES string of the molecule is Cc1cc(Br)cc(NC(CN)c2cc(C)c(C)cc2C)c1. The first-order valence-corrected chi connectivity index (χ1v) is 8.01. The van der Waals surface area contributed by atoms with Gasteiger partial charge in [-0.25, -0.2) is 0 Å². The van der Waals surface area contributed by atoms with Crippen LogP contribution in [0.4, 0.5) is 5.69 Å². The van der Waals surface area contributed by atoms with Gasteiger partial charge in [0.1, 0.15) is 0 Å². The van der Waals surface area contributed by atoms with Gasteiger partial charge in [-0.2, -0.15) is 0 Å². The molecule has 0 aromatic heterocycles. The van der Waals surface area contributed by atoms with Crippen molar-refractivity contribution >= 4 is 21.6 Å². The molecular weight excluding hydrogens is 324 g/mol. The molecule has 0 radical (unpaired) electrons. The van der Waals surface area contributed by atoms with E-state index in [0.717, 1.165) is 10.2 Å². The van der Waals surface area contributed by atoms with Gasteiger partial charge in [-0.1, -0.05) is 28.1 Å². The molecule has 0 aliphatic carbocycles. The first-order valence-electron chi connectivity index (χ1n) is 7.22. The molecule has 0 saturated carbocycles. The van der Waals surface area contributed by atoms with E-state index in [2.05, 4.69) is 79.3 Å². The van der Waals surface area contributed by atoms with Crippen LogP contribution >= 0.6 is 15.9 Å². The van der Waals surface area contributed by atoms with E-state index >= 15 is 0 Å². The third kappa shape index (κ3) is 3.86. The van der Waals surface area contributed by atoms with Gasteiger partial charge in [-0.05, 0) is 73.7 Å². The molecule has 2 nitrogen and oxygen atoms in total. The van der Waals surface area contributed by atoms with E-state index in [-0.39, 0.29) is 6.04 Å². The zero-order chi connectivity index (χ0) is 15.6. The number of anilines is 1. The third-order valence-corrected chi connectivity index (χ3v) is 4.33. The quantitative estimate of drug-likeness (QED) is 0.834. The molecule has 112 valence electrons. The van der Waals surface area contributed by atoms with Gasteiger partial charge in [0, 0.05) is 16.7 Å². The zero-order valence-corrected chi connectivity index (χ0v) is 14.7. The van der Waals surface area contributed by atoms with Crippen LogP contribution in [-0.4, -0.2) is 6.54 Å². The number of benzene rings is 2. The molecular formula is C18H23BrN2. The minimum Gasteiger partial charge on any atom is -0.377 e. The Hall–Kier alpha value is -1.32. The fraction of sp³-hybridized carbons (Fsp3) is 0.333. The maximum atomic E-state index is 6.01. The fourth-order valence-electron chi connectivity index (χ4n) is 2.64. The lowest BCUT2D eigenvalue weighted by Crippen LogP contribution is -2.21. The smallest absolute Gasteiger partial charge is 0.0638 e. The Morgan fingerprint density at radius 2 is 1.62 bits per heavy atom. The van der Waals surface area contributed by atoms with Crippen molar-refractivity contribution < 1.29 is 0 Å². The lowest BCUT2D eigenvalue weighted by molar-refractivity contribution is 0.781. The largest absolute Gasteiger partial charge is 0.377 e. The Balaban J connectivity index is 2.34. The van der Waals surface area contributed by atoms with Crippen molar-refractivity contribution in [1.82, 2.24) is 0 Å². The van der Waals surface area contributed by atoms with Gasteiger partial charge in [0.05, 0.1) is 6.04 Å². The van der Waals surface area contributed by atoms with Crippen molar-refractivity contribution in [3.63, 3.8) is 0 Å². The summed E-state index contributed by atoms with van der Waals surface area (Å²) in [5, 5.41) is 3.56. The van der Waals surface area contributed by atoms with Gasteiger partial charge < -0.3 is 11.1 Å². The van der Waals surface area contributed by atoms with Crippen molar-refractivity contribution in [2.75, 3.05) is 11.9 Å². The summed E-state index contributed by atoms with van der Waals surface area (Å²) in [6.07, 6.45) is 0. The fourth-order valence-corrected chi connectivity index (χ4v) is 3.25. The number of rotatable bonds is 4. The second kappa shape index (κ2) is 6.63. The monoisotopic (exact) mass is 346 g/mol. The number of hydrogen-bond donors (Lipinski definition) is 2. The van der Waals surface area contributed by atoms with Crippen LogP contribution in [0, 0.1) is 27.7 Å². The Kier molecular flexibility index (Phi) is 5.07. The molecule has 21 heavy (non-hydrogen) atoms. The van der Waals surface area contributed by atoms with Crippen LogP contribution in [0.5, 0.6) is 0 Å². The summed E-state index contributed by atoms with van der Waals surface area (Å²) in [6.45, 7) is 9.10. The summed E-state index contributed by atoms with van der Waals surface area (Å²) in [4.78, 5) is 0. The van der Waals surface area contributed by atoms with E-state index in [9.17, 15) is 0 Å². The minimum atomic E-state index is 0.123. The molecule has 0 saturated heterocycles. The van der Waals surface area contributed by atoms with Gasteiger partial charge in [0.25, 0.3) is 0 Å². The average Bonchev–Trinajstić information content (AvgIpc) is 2.39. The van der Waals surface area contributed by atoms with E-state index in [0.29, 0.717) is 6.54 Å². The molecule has 2 aromatic carbocycles. The van der Waals surface area contributed by atoms with Crippen LogP contribution in [-0.2, 0) is 0 Å². The summed E-state index contributed by atoms with van der Waals surface area (Å²) in [6, 6.07) is 10.9. The summed E-state index contributed by atoms with van der Waals surface area (Å²) in [5.74, 6) is 0. The van der Waals surface area contributed by atoms with E-state index in [1.807, 2.05) is 0 Å². The van der Waals surface area contributed by atoms with Crippen molar-refractivity contribution in [1.29, 1.82) is 0 Å². The molecule has 0 spiro atoms. The third-order valence-electron chi connectivity index (χ3n) is 3.88. The predicted molar refractivity (Wildman–Crippen MR) is 95.0 cm³/mol. The lowest BCUT2D eigenvalue weighted by Gasteiger charge is -2.22. The summed E-state index contributed by atoms with van der Waals surface area (Å²) in [5.41, 5.74) is 13.5. The molecule has 2 aromatic rings. The topological polar surface area (TPSA) is 38.0 Å². The van der Waals surface area contributed by atoms with Crippen LogP contribution < -0.4 is 11.1 Å². The molecule has 2 rings (SSSR count). The van der Waals surface area contributed by atoms with E-state index in [1.165, 1.54) is 27.8 Å². The van der Waals surface area contributed by atoms with E-state index < -0.39 is 0 Å². The van der Waals surface area contributed by atoms with Crippen molar-refractivity contribution in [3.05, 3.63) is 62.6 Å². The molecule has 3 N–H and O–H groups in total. The van der Waals surface area contributed by atoms with Crippen molar-refractivity contribution in [2.24, 2.45) is 5.73 Å². The lowest BCUT2D eigenvalue weighted by atomic mass is 9.95. The molecule has 1 unspecified atom stereocenters. The normalized spacial score (nSPS) is 12.3. The highest BCUT2D eigenvalue weighted by Gasteiger charge is 2.13. The second-order valence-corrected chi connectivity index (χ2v) is 6.66. The van der Waals surface area contributed by atoms with Gasteiger partial charge in [-0.3, -0.25) is 0 Å². The van der Waals surface area contributed by atoms with Crippen LogP contribution in [0.1, 0.15) is 33.9 Å². The Labute approximate surface area is 135 Å². The Morgan fingerprint density at radius 3 is 2.24 bits per heavy atom. The van der Waals surface area contributed by atoms with Gasteiger partial charge in [0.2, 0.25) is 0 Å². The van der Waals surface area contributed by atoms with Gasteiger partial charge in [0.15, 0.2) is 0 Å². The maximum absolute atomic E-state index is 6.01. The summed E-state index contributed by atoms with van der Waals surface area (Å²) >= 11 is 3.55.